The molecule has 1 aromatic carbocycles. The number of hydrogen-bond donors (Lipinski definition) is 1. The van der Waals surface area contributed by atoms with Crippen molar-refractivity contribution in [1.29, 1.82) is 0 Å². The van der Waals surface area contributed by atoms with Crippen LogP contribution in [0.3, 0.4) is 0 Å². The SMILES string of the molecule is CC(C)n1ncc2c(C(=O)Nc3cc(F)ccc3F)cc(-c3ccco3)nc21. The lowest BCUT2D eigenvalue weighted by Gasteiger charge is -2.10. The molecule has 0 radical (unpaired) electrons. The molecule has 0 atom stereocenters. The molecule has 6 nitrogen and oxygen atoms in total. The van der Waals surface area contributed by atoms with E-state index in [1.807, 2.05) is 13.8 Å². The maximum atomic E-state index is 13.9. The van der Waals surface area contributed by atoms with Gasteiger partial charge in [0.05, 0.1) is 29.1 Å². The van der Waals surface area contributed by atoms with Gasteiger partial charge in [-0.3, -0.25) is 4.79 Å². The zero-order valence-electron chi connectivity index (χ0n) is 15.1. The van der Waals surface area contributed by atoms with E-state index in [0.717, 1.165) is 18.2 Å². The molecule has 142 valence electrons. The molecule has 0 unspecified atom stereocenters. The van der Waals surface area contributed by atoms with Crippen LogP contribution in [0.1, 0.15) is 30.2 Å². The first kappa shape index (κ1) is 17.8. The number of nitrogens with one attached hydrogen (secondary N) is 1. The van der Waals surface area contributed by atoms with Crippen LogP contribution < -0.4 is 5.32 Å². The molecule has 0 aliphatic rings. The van der Waals surface area contributed by atoms with Gasteiger partial charge in [0.25, 0.3) is 5.91 Å². The molecule has 0 bridgehead atoms. The van der Waals surface area contributed by atoms with E-state index in [2.05, 4.69) is 15.4 Å². The number of fused-ring (bicyclic) bond motifs is 1. The lowest BCUT2D eigenvalue weighted by atomic mass is 10.1. The van der Waals surface area contributed by atoms with Crippen LogP contribution in [0.4, 0.5) is 14.5 Å². The summed E-state index contributed by atoms with van der Waals surface area (Å²) in [6.07, 6.45) is 3.04. The summed E-state index contributed by atoms with van der Waals surface area (Å²) >= 11 is 0. The van der Waals surface area contributed by atoms with Crippen molar-refractivity contribution >= 4 is 22.6 Å². The summed E-state index contributed by atoms with van der Waals surface area (Å²) in [6.45, 7) is 3.88. The second kappa shape index (κ2) is 6.88. The van der Waals surface area contributed by atoms with Gasteiger partial charge in [0.15, 0.2) is 11.4 Å². The fraction of sp³-hybridized carbons (Fsp3) is 0.150. The van der Waals surface area contributed by atoms with E-state index >= 15 is 0 Å². The third-order valence-corrected chi connectivity index (χ3v) is 4.25. The molecule has 0 fully saturated rings. The lowest BCUT2D eigenvalue weighted by molar-refractivity contribution is 0.102. The highest BCUT2D eigenvalue weighted by atomic mass is 19.1. The predicted molar refractivity (Wildman–Crippen MR) is 99.9 cm³/mol. The summed E-state index contributed by atoms with van der Waals surface area (Å²) in [5.74, 6) is -1.51. The molecule has 28 heavy (non-hydrogen) atoms. The van der Waals surface area contributed by atoms with E-state index in [1.165, 1.54) is 12.5 Å². The van der Waals surface area contributed by atoms with Gasteiger partial charge in [0.2, 0.25) is 0 Å². The Bertz CT molecular complexity index is 1170. The van der Waals surface area contributed by atoms with Gasteiger partial charge < -0.3 is 9.73 Å². The number of anilines is 1. The van der Waals surface area contributed by atoms with Crippen LogP contribution in [-0.4, -0.2) is 20.7 Å². The normalized spacial score (nSPS) is 11.3. The number of furan rings is 1. The van der Waals surface area contributed by atoms with Crippen LogP contribution in [0, 0.1) is 11.6 Å². The summed E-state index contributed by atoms with van der Waals surface area (Å²) in [6, 6.07) is 7.85. The third kappa shape index (κ3) is 3.13. The van der Waals surface area contributed by atoms with Gasteiger partial charge in [-0.15, -0.1) is 0 Å². The number of pyridine rings is 1. The molecule has 0 spiro atoms. The van der Waals surface area contributed by atoms with Crippen LogP contribution in [0.15, 0.2) is 53.3 Å². The van der Waals surface area contributed by atoms with Crippen molar-refractivity contribution in [2.45, 2.75) is 19.9 Å². The summed E-state index contributed by atoms with van der Waals surface area (Å²) in [4.78, 5) is 17.5. The maximum Gasteiger partial charge on any atom is 0.256 e. The fourth-order valence-corrected chi connectivity index (χ4v) is 2.92. The number of carbonyl (C=O) groups excluding carboxylic acids is 1. The van der Waals surface area contributed by atoms with Crippen molar-refractivity contribution in [2.24, 2.45) is 0 Å². The van der Waals surface area contributed by atoms with Crippen molar-refractivity contribution in [1.82, 2.24) is 14.8 Å². The predicted octanol–water partition coefficient (Wildman–Crippen LogP) is 4.80. The average molecular weight is 382 g/mol. The molecular weight excluding hydrogens is 366 g/mol. The summed E-state index contributed by atoms with van der Waals surface area (Å²) < 4.78 is 34.5. The number of hydrogen-bond acceptors (Lipinski definition) is 4. The second-order valence-corrected chi connectivity index (χ2v) is 6.53. The van der Waals surface area contributed by atoms with Crippen molar-refractivity contribution in [3.63, 3.8) is 0 Å². The Hall–Kier alpha value is -3.55. The van der Waals surface area contributed by atoms with Gasteiger partial charge in [-0.1, -0.05) is 0 Å². The molecule has 4 rings (SSSR count). The first-order chi connectivity index (χ1) is 13.4. The van der Waals surface area contributed by atoms with Gasteiger partial charge >= 0.3 is 0 Å². The van der Waals surface area contributed by atoms with E-state index < -0.39 is 17.5 Å². The highest BCUT2D eigenvalue weighted by Gasteiger charge is 2.20. The van der Waals surface area contributed by atoms with Crippen molar-refractivity contribution < 1.29 is 18.0 Å². The summed E-state index contributed by atoms with van der Waals surface area (Å²) in [7, 11) is 0. The summed E-state index contributed by atoms with van der Waals surface area (Å²) in [5.41, 5.74) is 0.913. The fourth-order valence-electron chi connectivity index (χ4n) is 2.92. The van der Waals surface area contributed by atoms with E-state index in [4.69, 9.17) is 4.42 Å². The smallest absolute Gasteiger partial charge is 0.256 e. The number of carbonyl (C=O) groups is 1. The first-order valence-electron chi connectivity index (χ1n) is 8.62. The molecule has 3 heterocycles. The number of benzene rings is 1. The minimum absolute atomic E-state index is 0.00780. The molecule has 0 aliphatic heterocycles. The number of halogens is 2. The van der Waals surface area contributed by atoms with Crippen LogP contribution in [0.2, 0.25) is 0 Å². The third-order valence-electron chi connectivity index (χ3n) is 4.25. The van der Waals surface area contributed by atoms with Crippen molar-refractivity contribution in [3.8, 4) is 11.5 Å². The van der Waals surface area contributed by atoms with Crippen LogP contribution >= 0.6 is 0 Å². The molecule has 1 amide bonds. The van der Waals surface area contributed by atoms with Gasteiger partial charge in [-0.05, 0) is 44.2 Å². The number of aromatic nitrogens is 3. The largest absolute Gasteiger partial charge is 0.463 e. The van der Waals surface area contributed by atoms with Crippen molar-refractivity contribution in [2.75, 3.05) is 5.32 Å². The van der Waals surface area contributed by atoms with E-state index in [9.17, 15) is 13.6 Å². The highest BCUT2D eigenvalue weighted by molar-refractivity contribution is 6.12. The Morgan fingerprint density at radius 1 is 1.21 bits per heavy atom. The van der Waals surface area contributed by atoms with Gasteiger partial charge in [-0.2, -0.15) is 5.10 Å². The lowest BCUT2D eigenvalue weighted by Crippen LogP contribution is -2.14. The highest BCUT2D eigenvalue weighted by Crippen LogP contribution is 2.27. The number of rotatable bonds is 4. The Balaban J connectivity index is 1.85. The molecule has 8 heteroatoms. The zero-order chi connectivity index (χ0) is 19.8. The van der Waals surface area contributed by atoms with Crippen LogP contribution in [0.25, 0.3) is 22.5 Å². The Morgan fingerprint density at radius 2 is 2.04 bits per heavy atom. The topological polar surface area (TPSA) is 73.0 Å². The summed E-state index contributed by atoms with van der Waals surface area (Å²) in [5, 5.41) is 7.23. The molecule has 0 aliphatic carbocycles. The molecule has 3 aromatic heterocycles. The minimum Gasteiger partial charge on any atom is -0.463 e. The second-order valence-electron chi connectivity index (χ2n) is 6.53. The Labute approximate surface area is 158 Å². The maximum absolute atomic E-state index is 13.9. The molecule has 4 aromatic rings. The van der Waals surface area contributed by atoms with Gasteiger partial charge in [0.1, 0.15) is 17.3 Å². The molecular formula is C20H16F2N4O2. The average Bonchev–Trinajstić information content (AvgIpc) is 3.33. The van der Waals surface area contributed by atoms with Crippen LogP contribution in [-0.2, 0) is 0 Å². The van der Waals surface area contributed by atoms with E-state index in [0.29, 0.717) is 22.5 Å². The molecule has 0 saturated heterocycles. The Morgan fingerprint density at radius 3 is 2.75 bits per heavy atom. The van der Waals surface area contributed by atoms with Crippen LogP contribution in [0.5, 0.6) is 0 Å². The van der Waals surface area contributed by atoms with Crippen molar-refractivity contribution in [3.05, 3.63) is 66.1 Å². The number of amides is 1. The molecule has 1 N–H and O–H groups in total. The zero-order valence-corrected chi connectivity index (χ0v) is 15.1. The standard InChI is InChI=1S/C20H16F2N4O2/c1-11(2)26-19-14(10-23-26)13(9-17(24-19)18-4-3-7-28-18)20(27)25-16-8-12(21)5-6-15(16)22/h3-11H,1-2H3,(H,25,27). The van der Waals surface area contributed by atoms with Gasteiger partial charge in [0, 0.05) is 12.1 Å². The van der Waals surface area contributed by atoms with Gasteiger partial charge in [-0.25, -0.2) is 18.4 Å². The minimum atomic E-state index is -0.732. The number of nitrogens with zero attached hydrogens (tertiary/aromatic N) is 3. The monoisotopic (exact) mass is 382 g/mol. The first-order valence-corrected chi connectivity index (χ1v) is 8.62. The molecule has 0 saturated carbocycles. The quantitative estimate of drug-likeness (QED) is 0.550. The Kier molecular flexibility index (Phi) is 4.38. The van der Waals surface area contributed by atoms with E-state index in [-0.39, 0.29) is 17.3 Å². The van der Waals surface area contributed by atoms with E-state index in [1.54, 1.807) is 22.9 Å².